The smallest absolute Gasteiger partial charge is 0.258 e. The fourth-order valence-electron chi connectivity index (χ4n) is 1.23. The molecule has 0 bridgehead atoms. The molecule has 0 aliphatic heterocycles. The van der Waals surface area contributed by atoms with Crippen molar-refractivity contribution in [3.63, 3.8) is 0 Å². The summed E-state index contributed by atoms with van der Waals surface area (Å²) in [5.41, 5.74) is 0.425. The molecular formula is C12H13FN2O3. The molecule has 0 saturated carbocycles. The third-order valence-electron chi connectivity index (χ3n) is 2.16. The number of nitrogens with one attached hydrogen (secondary N) is 1. The molecule has 1 amide bonds. The molecule has 1 aromatic rings. The molecule has 18 heavy (non-hydrogen) atoms. The Morgan fingerprint density at radius 1 is 1.67 bits per heavy atom. The topological polar surface area (TPSA) is 82.3 Å². The number of carbonyl (C=O) groups is 1. The third-order valence-corrected chi connectivity index (χ3v) is 2.16. The Labute approximate surface area is 104 Å². The van der Waals surface area contributed by atoms with Crippen molar-refractivity contribution in [1.29, 1.82) is 5.26 Å². The molecule has 2 N–H and O–H groups in total. The van der Waals surface area contributed by atoms with Gasteiger partial charge in [0.15, 0.2) is 18.2 Å². The Morgan fingerprint density at radius 3 is 2.94 bits per heavy atom. The number of carbonyl (C=O) groups excluding carboxylic acids is 1. The van der Waals surface area contributed by atoms with Gasteiger partial charge in [0.1, 0.15) is 6.54 Å². The number of hydrogen-bond donors (Lipinski definition) is 2. The van der Waals surface area contributed by atoms with Crippen LogP contribution in [-0.4, -0.2) is 24.2 Å². The number of nitrogens with zero attached hydrogens (tertiary/aromatic N) is 1. The molecule has 0 aliphatic carbocycles. The predicted octanol–water partition coefficient (Wildman–Crippen LogP) is 0.898. The number of nitriles is 1. The Balaban J connectivity index is 2.58. The van der Waals surface area contributed by atoms with E-state index < -0.39 is 17.8 Å². The molecule has 0 heterocycles. The van der Waals surface area contributed by atoms with Crippen LogP contribution in [0.3, 0.4) is 0 Å². The van der Waals surface area contributed by atoms with E-state index in [2.05, 4.69) is 5.32 Å². The average molecular weight is 252 g/mol. The van der Waals surface area contributed by atoms with Gasteiger partial charge >= 0.3 is 0 Å². The van der Waals surface area contributed by atoms with Crippen molar-refractivity contribution in [3.8, 4) is 11.8 Å². The molecule has 1 atom stereocenters. The lowest BCUT2D eigenvalue weighted by molar-refractivity contribution is -0.122. The van der Waals surface area contributed by atoms with Crippen LogP contribution in [0.15, 0.2) is 18.2 Å². The van der Waals surface area contributed by atoms with E-state index in [0.717, 1.165) is 6.07 Å². The van der Waals surface area contributed by atoms with E-state index in [0.29, 0.717) is 5.56 Å². The fourth-order valence-corrected chi connectivity index (χ4v) is 1.23. The van der Waals surface area contributed by atoms with Crippen LogP contribution in [-0.2, 0) is 4.79 Å². The van der Waals surface area contributed by atoms with Crippen molar-refractivity contribution in [2.75, 3.05) is 13.2 Å². The molecule has 0 unspecified atom stereocenters. The zero-order chi connectivity index (χ0) is 13.5. The first kappa shape index (κ1) is 13.9. The maximum atomic E-state index is 13.5. The van der Waals surface area contributed by atoms with E-state index in [1.165, 1.54) is 19.1 Å². The van der Waals surface area contributed by atoms with Crippen LogP contribution in [0, 0.1) is 17.1 Å². The van der Waals surface area contributed by atoms with Crippen LogP contribution in [0.25, 0.3) is 0 Å². The molecule has 0 aliphatic rings. The second-order valence-electron chi connectivity index (χ2n) is 3.59. The van der Waals surface area contributed by atoms with Crippen LogP contribution in [0.4, 0.5) is 4.39 Å². The normalized spacial score (nSPS) is 11.4. The molecule has 6 heteroatoms. The molecule has 0 radical (unpaired) electrons. The van der Waals surface area contributed by atoms with Crippen LogP contribution < -0.4 is 10.1 Å². The van der Waals surface area contributed by atoms with E-state index in [-0.39, 0.29) is 18.9 Å². The third kappa shape index (κ3) is 4.03. The zero-order valence-corrected chi connectivity index (χ0v) is 9.81. The molecule has 0 spiro atoms. The van der Waals surface area contributed by atoms with Crippen LogP contribution in [0.1, 0.15) is 18.6 Å². The lowest BCUT2D eigenvalue weighted by Crippen LogP contribution is -2.29. The Bertz CT molecular complexity index is 469. The number of aliphatic hydroxyl groups is 1. The highest BCUT2D eigenvalue weighted by Crippen LogP contribution is 2.21. The number of amides is 1. The largest absolute Gasteiger partial charge is 0.481 e. The molecule has 0 fully saturated rings. The fraction of sp³-hybridized carbons (Fsp3) is 0.333. The summed E-state index contributed by atoms with van der Waals surface area (Å²) in [6, 6.07) is 5.74. The number of rotatable bonds is 5. The van der Waals surface area contributed by atoms with E-state index in [1.54, 1.807) is 6.07 Å². The Morgan fingerprint density at radius 2 is 2.39 bits per heavy atom. The summed E-state index contributed by atoms with van der Waals surface area (Å²) in [7, 11) is 0. The van der Waals surface area contributed by atoms with Gasteiger partial charge in [-0.25, -0.2) is 4.39 Å². The van der Waals surface area contributed by atoms with Gasteiger partial charge in [-0.2, -0.15) is 5.26 Å². The monoisotopic (exact) mass is 252 g/mol. The number of hydrogen-bond acceptors (Lipinski definition) is 4. The number of aliphatic hydroxyl groups excluding tert-OH is 1. The second-order valence-corrected chi connectivity index (χ2v) is 3.59. The highest BCUT2D eigenvalue weighted by Gasteiger charge is 2.09. The Hall–Kier alpha value is -2.13. The Kier molecular flexibility index (Phi) is 5.08. The van der Waals surface area contributed by atoms with Crippen LogP contribution in [0.5, 0.6) is 5.75 Å². The maximum Gasteiger partial charge on any atom is 0.258 e. The first-order chi connectivity index (χ1) is 8.54. The van der Waals surface area contributed by atoms with Gasteiger partial charge in [0, 0.05) is 0 Å². The van der Waals surface area contributed by atoms with Gasteiger partial charge in [0.2, 0.25) is 0 Å². The van der Waals surface area contributed by atoms with Gasteiger partial charge in [-0.05, 0) is 24.6 Å². The van der Waals surface area contributed by atoms with Crippen molar-refractivity contribution in [2.45, 2.75) is 13.0 Å². The molecule has 96 valence electrons. The van der Waals surface area contributed by atoms with E-state index >= 15 is 0 Å². The summed E-state index contributed by atoms with van der Waals surface area (Å²) in [5, 5.41) is 19.8. The van der Waals surface area contributed by atoms with Crippen molar-refractivity contribution in [1.82, 2.24) is 5.32 Å². The summed E-state index contributed by atoms with van der Waals surface area (Å²) in [5.74, 6) is -1.23. The SMILES string of the molecule is C[C@H](O)c1ccc(OCC(=O)NCC#N)c(F)c1. The zero-order valence-electron chi connectivity index (χ0n) is 9.81. The van der Waals surface area contributed by atoms with E-state index in [4.69, 9.17) is 10.00 Å². The van der Waals surface area contributed by atoms with Crippen molar-refractivity contribution < 1.29 is 19.0 Å². The maximum absolute atomic E-state index is 13.5. The van der Waals surface area contributed by atoms with Gasteiger partial charge in [-0.15, -0.1) is 0 Å². The van der Waals surface area contributed by atoms with Crippen molar-refractivity contribution >= 4 is 5.91 Å². The van der Waals surface area contributed by atoms with Crippen LogP contribution in [0.2, 0.25) is 0 Å². The first-order valence-corrected chi connectivity index (χ1v) is 5.28. The summed E-state index contributed by atoms with van der Waals surface area (Å²) < 4.78 is 18.4. The highest BCUT2D eigenvalue weighted by molar-refractivity contribution is 5.77. The molecule has 0 saturated heterocycles. The number of benzene rings is 1. The minimum absolute atomic E-state index is 0.0773. The van der Waals surface area contributed by atoms with Crippen LogP contribution >= 0.6 is 0 Å². The first-order valence-electron chi connectivity index (χ1n) is 5.28. The summed E-state index contributed by atoms with van der Waals surface area (Å²) in [4.78, 5) is 11.1. The van der Waals surface area contributed by atoms with Gasteiger partial charge in [0.25, 0.3) is 5.91 Å². The highest BCUT2D eigenvalue weighted by atomic mass is 19.1. The van der Waals surface area contributed by atoms with Gasteiger partial charge in [-0.3, -0.25) is 4.79 Å². The lowest BCUT2D eigenvalue weighted by Gasteiger charge is -2.09. The minimum atomic E-state index is -0.771. The lowest BCUT2D eigenvalue weighted by atomic mass is 10.1. The van der Waals surface area contributed by atoms with Gasteiger partial charge in [-0.1, -0.05) is 6.07 Å². The van der Waals surface area contributed by atoms with Gasteiger partial charge in [0.05, 0.1) is 12.2 Å². The summed E-state index contributed by atoms with van der Waals surface area (Å²) in [6.45, 7) is 1.03. The van der Waals surface area contributed by atoms with Gasteiger partial charge < -0.3 is 15.2 Å². The average Bonchev–Trinajstić information content (AvgIpc) is 2.34. The number of ether oxygens (including phenoxy) is 1. The standard InChI is InChI=1S/C12H13FN2O3/c1-8(16)9-2-3-11(10(13)6-9)18-7-12(17)15-5-4-14/h2-3,6,8,16H,5,7H2,1H3,(H,15,17)/t8-/m0/s1. The van der Waals surface area contributed by atoms with Crippen molar-refractivity contribution in [2.24, 2.45) is 0 Å². The minimum Gasteiger partial charge on any atom is -0.481 e. The summed E-state index contributed by atoms with van der Waals surface area (Å²) >= 11 is 0. The van der Waals surface area contributed by atoms with Crippen molar-refractivity contribution in [3.05, 3.63) is 29.6 Å². The van der Waals surface area contributed by atoms with E-state index in [9.17, 15) is 14.3 Å². The predicted molar refractivity (Wildman–Crippen MR) is 61.2 cm³/mol. The molecular weight excluding hydrogens is 239 g/mol. The molecule has 5 nitrogen and oxygen atoms in total. The summed E-state index contributed by atoms with van der Waals surface area (Å²) in [6.07, 6.45) is -0.771. The number of halogens is 1. The molecule has 0 aromatic heterocycles. The second kappa shape index (κ2) is 6.57. The molecule has 1 rings (SSSR count). The van der Waals surface area contributed by atoms with E-state index in [1.807, 2.05) is 0 Å². The molecule has 1 aromatic carbocycles. The quantitative estimate of drug-likeness (QED) is 0.763.